The first-order chi connectivity index (χ1) is 10.7. The van der Waals surface area contributed by atoms with E-state index in [1.165, 1.54) is 19.3 Å². The van der Waals surface area contributed by atoms with Gasteiger partial charge in [-0.05, 0) is 64.8 Å². The number of carbonyl (C=O) groups is 1. The zero-order valence-electron chi connectivity index (χ0n) is 13.7. The van der Waals surface area contributed by atoms with Gasteiger partial charge in [-0.1, -0.05) is 0 Å². The second kappa shape index (κ2) is 8.73. The van der Waals surface area contributed by atoms with E-state index in [0.717, 1.165) is 0 Å². The molecule has 1 aliphatic carbocycles. The Morgan fingerprint density at radius 1 is 1.30 bits per heavy atom. The highest BCUT2D eigenvalue weighted by atomic mass is 79.9. The molecule has 0 bridgehead atoms. The van der Waals surface area contributed by atoms with Crippen molar-refractivity contribution in [3.05, 3.63) is 21.1 Å². The van der Waals surface area contributed by atoms with Crippen LogP contribution in [0.15, 0.2) is 21.1 Å². The molecule has 2 N–H and O–H groups in total. The Balaban J connectivity index is 2.91. The van der Waals surface area contributed by atoms with E-state index in [9.17, 15) is 9.90 Å². The van der Waals surface area contributed by atoms with Crippen LogP contribution in [0.5, 0.6) is 0 Å². The van der Waals surface area contributed by atoms with Crippen LogP contribution in [0.25, 0.3) is 0 Å². The van der Waals surface area contributed by atoms with E-state index in [4.69, 9.17) is 14.2 Å². The van der Waals surface area contributed by atoms with Gasteiger partial charge in [-0.25, -0.2) is 0 Å². The standard InChI is InChI=1S/C15H23Br2NO5/c1-5-22-10(3)18-13(19)9-14(20)7-11(16)15(21-4,23-6-2)12(17)8-14/h7-8,10,20H,5-6,9H2,1-4H3,(H,18,19)/t10-,14?,15?/m1/s1. The summed E-state index contributed by atoms with van der Waals surface area (Å²) in [4.78, 5) is 12.1. The molecule has 0 saturated heterocycles. The molecule has 0 unspecified atom stereocenters. The number of hydrogen-bond donors (Lipinski definition) is 2. The van der Waals surface area contributed by atoms with Crippen LogP contribution in [-0.2, 0) is 19.0 Å². The predicted molar refractivity (Wildman–Crippen MR) is 94.2 cm³/mol. The molecule has 0 heterocycles. The largest absolute Gasteiger partial charge is 0.381 e. The number of amides is 1. The number of methoxy groups -OCH3 is 1. The van der Waals surface area contributed by atoms with Crippen LogP contribution < -0.4 is 5.32 Å². The van der Waals surface area contributed by atoms with Gasteiger partial charge in [0.05, 0.1) is 15.4 Å². The normalized spacial score (nSPS) is 28.8. The van der Waals surface area contributed by atoms with Gasteiger partial charge < -0.3 is 24.6 Å². The number of aliphatic hydroxyl groups is 1. The second-order valence-corrected chi connectivity index (χ2v) is 6.78. The van der Waals surface area contributed by atoms with E-state index in [0.29, 0.717) is 22.2 Å². The van der Waals surface area contributed by atoms with Crippen molar-refractivity contribution in [2.24, 2.45) is 0 Å². The fraction of sp³-hybridized carbons (Fsp3) is 0.667. The lowest BCUT2D eigenvalue weighted by molar-refractivity contribution is -0.157. The average molecular weight is 457 g/mol. The van der Waals surface area contributed by atoms with E-state index in [1.54, 1.807) is 6.92 Å². The lowest BCUT2D eigenvalue weighted by Crippen LogP contribution is -2.45. The maximum absolute atomic E-state index is 12.1. The van der Waals surface area contributed by atoms with Crippen LogP contribution in [0.2, 0.25) is 0 Å². The van der Waals surface area contributed by atoms with Crippen molar-refractivity contribution in [1.82, 2.24) is 5.32 Å². The minimum atomic E-state index is -1.47. The molecule has 0 saturated carbocycles. The van der Waals surface area contributed by atoms with Crippen molar-refractivity contribution in [2.75, 3.05) is 20.3 Å². The Hall–Kier alpha value is -0.250. The Labute approximate surface area is 153 Å². The molecular weight excluding hydrogens is 434 g/mol. The monoisotopic (exact) mass is 455 g/mol. The van der Waals surface area contributed by atoms with E-state index in [1.807, 2.05) is 13.8 Å². The number of halogens is 2. The van der Waals surface area contributed by atoms with E-state index in [2.05, 4.69) is 37.2 Å². The Kier molecular flexibility index (Phi) is 7.89. The number of rotatable bonds is 8. The minimum absolute atomic E-state index is 0.152. The molecule has 1 atom stereocenters. The average Bonchev–Trinajstić information content (AvgIpc) is 2.42. The van der Waals surface area contributed by atoms with E-state index < -0.39 is 17.6 Å². The summed E-state index contributed by atoms with van der Waals surface area (Å²) in [7, 11) is 1.50. The third kappa shape index (κ3) is 5.11. The maximum Gasteiger partial charge on any atom is 0.235 e. The second-order valence-electron chi connectivity index (χ2n) is 5.07. The summed E-state index contributed by atoms with van der Waals surface area (Å²) in [5, 5.41) is 13.4. The number of nitrogens with one attached hydrogen (secondary N) is 1. The molecule has 0 aromatic carbocycles. The maximum atomic E-state index is 12.1. The molecule has 1 amide bonds. The van der Waals surface area contributed by atoms with E-state index >= 15 is 0 Å². The summed E-state index contributed by atoms with van der Waals surface area (Å²) >= 11 is 6.76. The van der Waals surface area contributed by atoms with Crippen LogP contribution in [0.4, 0.5) is 0 Å². The molecule has 6 nitrogen and oxygen atoms in total. The molecule has 8 heteroatoms. The highest BCUT2D eigenvalue weighted by Gasteiger charge is 2.45. The van der Waals surface area contributed by atoms with Crippen molar-refractivity contribution in [3.63, 3.8) is 0 Å². The van der Waals surface area contributed by atoms with Gasteiger partial charge in [-0.3, -0.25) is 4.79 Å². The molecule has 1 aliphatic rings. The Morgan fingerprint density at radius 2 is 1.87 bits per heavy atom. The molecule has 0 fully saturated rings. The third-order valence-corrected chi connectivity index (χ3v) is 4.74. The van der Waals surface area contributed by atoms with Crippen molar-refractivity contribution in [1.29, 1.82) is 0 Å². The fourth-order valence-electron chi connectivity index (χ4n) is 2.31. The summed E-state index contributed by atoms with van der Waals surface area (Å²) < 4.78 is 17.3. The van der Waals surface area contributed by atoms with Crippen molar-refractivity contribution in [2.45, 2.75) is 44.8 Å². The molecule has 0 aromatic rings. The molecular formula is C15H23Br2NO5. The molecule has 1 rings (SSSR count). The smallest absolute Gasteiger partial charge is 0.235 e. The lowest BCUT2D eigenvalue weighted by atomic mass is 9.91. The molecule has 0 aromatic heterocycles. The van der Waals surface area contributed by atoms with Crippen molar-refractivity contribution in [3.8, 4) is 0 Å². The highest BCUT2D eigenvalue weighted by molar-refractivity contribution is 9.12. The topological polar surface area (TPSA) is 77.0 Å². The van der Waals surface area contributed by atoms with Crippen LogP contribution in [0, 0.1) is 0 Å². The number of carbonyl (C=O) groups excluding carboxylic acids is 1. The van der Waals surface area contributed by atoms with Crippen LogP contribution in [0.3, 0.4) is 0 Å². The van der Waals surface area contributed by atoms with Crippen LogP contribution in [-0.4, -0.2) is 49.0 Å². The first kappa shape index (κ1) is 20.8. The van der Waals surface area contributed by atoms with Crippen molar-refractivity contribution < 1.29 is 24.1 Å². The summed E-state index contributed by atoms with van der Waals surface area (Å²) in [5.74, 6) is -1.47. The lowest BCUT2D eigenvalue weighted by Gasteiger charge is -2.38. The molecule has 132 valence electrons. The third-order valence-electron chi connectivity index (χ3n) is 3.24. The van der Waals surface area contributed by atoms with Gasteiger partial charge in [-0.2, -0.15) is 0 Å². The highest BCUT2D eigenvalue weighted by Crippen LogP contribution is 2.44. The van der Waals surface area contributed by atoms with E-state index in [-0.39, 0.29) is 12.3 Å². The number of hydrogen-bond acceptors (Lipinski definition) is 5. The van der Waals surface area contributed by atoms with Gasteiger partial charge in [0.1, 0.15) is 11.8 Å². The Morgan fingerprint density at radius 3 is 2.30 bits per heavy atom. The Bertz CT molecular complexity index is 472. The van der Waals surface area contributed by atoms with Crippen LogP contribution >= 0.6 is 31.9 Å². The van der Waals surface area contributed by atoms with Crippen LogP contribution in [0.1, 0.15) is 27.2 Å². The quantitative estimate of drug-likeness (QED) is 0.549. The number of ether oxygens (including phenoxy) is 3. The first-order valence-corrected chi connectivity index (χ1v) is 8.91. The minimum Gasteiger partial charge on any atom is -0.381 e. The molecule has 0 spiro atoms. The zero-order valence-corrected chi connectivity index (χ0v) is 16.9. The van der Waals surface area contributed by atoms with Gasteiger partial charge in [0, 0.05) is 20.3 Å². The molecule has 23 heavy (non-hydrogen) atoms. The van der Waals surface area contributed by atoms with Gasteiger partial charge in [-0.15, -0.1) is 0 Å². The molecule has 0 radical (unpaired) electrons. The van der Waals surface area contributed by atoms with Crippen molar-refractivity contribution >= 4 is 37.8 Å². The summed E-state index contributed by atoms with van der Waals surface area (Å²) in [5.41, 5.74) is -1.47. The van der Waals surface area contributed by atoms with Gasteiger partial charge in [0.2, 0.25) is 11.7 Å². The van der Waals surface area contributed by atoms with Gasteiger partial charge in [0.15, 0.2) is 0 Å². The summed E-state index contributed by atoms with van der Waals surface area (Å²) in [6.07, 6.45) is 2.44. The zero-order chi connectivity index (χ0) is 17.7. The van der Waals surface area contributed by atoms with Gasteiger partial charge >= 0.3 is 0 Å². The van der Waals surface area contributed by atoms with Gasteiger partial charge in [0.25, 0.3) is 0 Å². The summed E-state index contributed by atoms with van der Waals surface area (Å²) in [6, 6.07) is 0. The first-order valence-electron chi connectivity index (χ1n) is 7.33. The SMILES string of the molecule is CCO[C@H](C)NC(=O)CC1(O)C=C(Br)C(OC)(OCC)C(Br)=C1. The summed E-state index contributed by atoms with van der Waals surface area (Å²) in [6.45, 7) is 6.31. The fourth-order valence-corrected chi connectivity index (χ4v) is 4.35. The molecule has 0 aliphatic heterocycles. The predicted octanol–water partition coefficient (Wildman–Crippen LogP) is 2.56.